The predicted molar refractivity (Wildman–Crippen MR) is 75.2 cm³/mol. The van der Waals surface area contributed by atoms with E-state index in [1.807, 2.05) is 11.3 Å². The lowest BCUT2D eigenvalue weighted by atomic mass is 10.2. The van der Waals surface area contributed by atoms with Gasteiger partial charge in [-0.15, -0.1) is 11.3 Å². The number of hydrogen-bond donors (Lipinski definition) is 1. The van der Waals surface area contributed by atoms with Gasteiger partial charge in [-0.3, -0.25) is 0 Å². The van der Waals surface area contributed by atoms with Crippen LogP contribution in [0.4, 0.5) is 0 Å². The van der Waals surface area contributed by atoms with E-state index in [2.05, 4.69) is 5.32 Å². The van der Waals surface area contributed by atoms with Crippen molar-refractivity contribution in [2.24, 2.45) is 0 Å². The Labute approximate surface area is 113 Å². The van der Waals surface area contributed by atoms with Crippen LogP contribution in [0.25, 0.3) is 0 Å². The minimum atomic E-state index is 0.781. The van der Waals surface area contributed by atoms with Crippen LogP contribution in [0.1, 0.15) is 78.8 Å². The van der Waals surface area contributed by atoms with Crippen molar-refractivity contribution in [1.82, 2.24) is 10.3 Å². The molecule has 1 aromatic rings. The van der Waals surface area contributed by atoms with E-state index in [0.717, 1.165) is 24.4 Å². The van der Waals surface area contributed by atoms with Crippen LogP contribution in [0.15, 0.2) is 0 Å². The first-order valence-corrected chi connectivity index (χ1v) is 8.44. The molecular formula is C15H22N2S. The molecule has 0 aromatic carbocycles. The third kappa shape index (κ3) is 2.35. The number of rotatable bonds is 5. The summed E-state index contributed by atoms with van der Waals surface area (Å²) in [6.07, 6.45) is 11.1. The molecule has 0 atom stereocenters. The van der Waals surface area contributed by atoms with Gasteiger partial charge in [0.2, 0.25) is 0 Å². The van der Waals surface area contributed by atoms with E-state index in [1.54, 1.807) is 4.88 Å². The maximum absolute atomic E-state index is 4.96. The topological polar surface area (TPSA) is 24.9 Å². The van der Waals surface area contributed by atoms with Crippen LogP contribution in [-0.4, -0.2) is 11.0 Å². The summed E-state index contributed by atoms with van der Waals surface area (Å²) in [5, 5.41) is 5.21. The van der Waals surface area contributed by atoms with Gasteiger partial charge in [-0.05, 0) is 38.5 Å². The maximum atomic E-state index is 4.96. The molecule has 1 heterocycles. The Balaban J connectivity index is 1.47. The van der Waals surface area contributed by atoms with Crippen molar-refractivity contribution < 1.29 is 0 Å². The fraction of sp³-hybridized carbons (Fsp3) is 0.800. The highest BCUT2D eigenvalue weighted by Crippen LogP contribution is 2.47. The second-order valence-electron chi connectivity index (χ2n) is 6.27. The van der Waals surface area contributed by atoms with Gasteiger partial charge in [0.1, 0.15) is 0 Å². The molecule has 3 aliphatic carbocycles. The number of thiazole rings is 1. The first-order valence-electron chi connectivity index (χ1n) is 7.63. The van der Waals surface area contributed by atoms with Gasteiger partial charge in [-0.25, -0.2) is 4.98 Å². The Bertz CT molecular complexity index is 426. The largest absolute Gasteiger partial charge is 0.309 e. The minimum Gasteiger partial charge on any atom is -0.309 e. The number of nitrogens with zero attached hydrogens (tertiary/aromatic N) is 1. The van der Waals surface area contributed by atoms with Crippen molar-refractivity contribution in [2.75, 3.05) is 0 Å². The molecule has 0 aliphatic heterocycles. The van der Waals surface area contributed by atoms with Crippen LogP contribution in [0.3, 0.4) is 0 Å². The molecule has 0 bridgehead atoms. The van der Waals surface area contributed by atoms with Crippen molar-refractivity contribution in [3.05, 3.63) is 15.6 Å². The Morgan fingerprint density at radius 1 is 1.00 bits per heavy atom. The SMILES string of the molecule is C1CCC(NCc2sc(C3CC3)nc2C2CC2)C1. The van der Waals surface area contributed by atoms with Crippen molar-refractivity contribution in [3.8, 4) is 0 Å². The maximum Gasteiger partial charge on any atom is 0.0962 e. The molecule has 4 rings (SSSR count). The van der Waals surface area contributed by atoms with E-state index in [4.69, 9.17) is 4.98 Å². The van der Waals surface area contributed by atoms with Crippen molar-refractivity contribution in [1.29, 1.82) is 0 Å². The minimum absolute atomic E-state index is 0.781. The highest BCUT2D eigenvalue weighted by Gasteiger charge is 2.33. The molecule has 3 saturated carbocycles. The lowest BCUT2D eigenvalue weighted by Crippen LogP contribution is -2.25. The molecule has 1 N–H and O–H groups in total. The molecule has 3 fully saturated rings. The molecule has 1 aromatic heterocycles. The van der Waals surface area contributed by atoms with Gasteiger partial charge in [0.05, 0.1) is 10.7 Å². The first kappa shape index (κ1) is 11.4. The van der Waals surface area contributed by atoms with E-state index in [-0.39, 0.29) is 0 Å². The number of hydrogen-bond acceptors (Lipinski definition) is 3. The molecule has 3 heteroatoms. The summed E-state index contributed by atoms with van der Waals surface area (Å²) >= 11 is 2.01. The average Bonchev–Trinajstić information content (AvgIpc) is 3.31. The summed E-state index contributed by atoms with van der Waals surface area (Å²) in [5.74, 6) is 1.64. The molecule has 0 spiro atoms. The fourth-order valence-corrected chi connectivity index (χ4v) is 4.33. The monoisotopic (exact) mass is 262 g/mol. The van der Waals surface area contributed by atoms with E-state index < -0.39 is 0 Å². The molecule has 0 saturated heterocycles. The van der Waals surface area contributed by atoms with Crippen LogP contribution < -0.4 is 5.32 Å². The number of aromatic nitrogens is 1. The molecule has 3 aliphatic rings. The Hall–Kier alpha value is -0.410. The third-order valence-corrected chi connectivity index (χ3v) is 5.77. The first-order chi connectivity index (χ1) is 8.90. The summed E-state index contributed by atoms with van der Waals surface area (Å²) in [7, 11) is 0. The zero-order valence-corrected chi connectivity index (χ0v) is 11.8. The van der Waals surface area contributed by atoms with E-state index >= 15 is 0 Å². The summed E-state index contributed by atoms with van der Waals surface area (Å²) in [5.41, 5.74) is 1.47. The van der Waals surface area contributed by atoms with Gasteiger partial charge < -0.3 is 5.32 Å². The Morgan fingerprint density at radius 2 is 1.72 bits per heavy atom. The predicted octanol–water partition coefficient (Wildman–Crippen LogP) is 3.93. The number of nitrogens with one attached hydrogen (secondary N) is 1. The molecular weight excluding hydrogens is 240 g/mol. The lowest BCUT2D eigenvalue weighted by Gasteiger charge is -2.11. The average molecular weight is 262 g/mol. The molecule has 0 unspecified atom stereocenters. The van der Waals surface area contributed by atoms with Gasteiger partial charge >= 0.3 is 0 Å². The van der Waals surface area contributed by atoms with Crippen LogP contribution >= 0.6 is 11.3 Å². The second kappa shape index (κ2) is 4.61. The highest BCUT2D eigenvalue weighted by molar-refractivity contribution is 7.11. The molecule has 2 nitrogen and oxygen atoms in total. The normalized spacial score (nSPS) is 24.9. The zero-order valence-electron chi connectivity index (χ0n) is 11.0. The summed E-state index contributed by atoms with van der Waals surface area (Å²) in [6.45, 7) is 1.08. The van der Waals surface area contributed by atoms with Crippen molar-refractivity contribution >= 4 is 11.3 Å². The van der Waals surface area contributed by atoms with E-state index in [9.17, 15) is 0 Å². The van der Waals surface area contributed by atoms with Crippen LogP contribution in [-0.2, 0) is 6.54 Å². The van der Waals surface area contributed by atoms with Gasteiger partial charge in [0.15, 0.2) is 0 Å². The van der Waals surface area contributed by atoms with Gasteiger partial charge in [-0.1, -0.05) is 12.8 Å². The zero-order chi connectivity index (χ0) is 11.9. The van der Waals surface area contributed by atoms with Crippen LogP contribution in [0.2, 0.25) is 0 Å². The van der Waals surface area contributed by atoms with Crippen molar-refractivity contribution in [2.45, 2.75) is 75.8 Å². The molecule has 18 heavy (non-hydrogen) atoms. The van der Waals surface area contributed by atoms with Gasteiger partial charge in [0, 0.05) is 29.3 Å². The smallest absolute Gasteiger partial charge is 0.0962 e. The van der Waals surface area contributed by atoms with Crippen LogP contribution in [0, 0.1) is 0 Å². The van der Waals surface area contributed by atoms with Gasteiger partial charge in [0.25, 0.3) is 0 Å². The molecule has 0 amide bonds. The summed E-state index contributed by atoms with van der Waals surface area (Å²) < 4.78 is 0. The lowest BCUT2D eigenvalue weighted by molar-refractivity contribution is 0.525. The molecule has 98 valence electrons. The van der Waals surface area contributed by atoms with E-state index in [1.165, 1.54) is 62.1 Å². The Morgan fingerprint density at radius 3 is 2.39 bits per heavy atom. The fourth-order valence-electron chi connectivity index (χ4n) is 3.06. The van der Waals surface area contributed by atoms with Crippen molar-refractivity contribution in [3.63, 3.8) is 0 Å². The van der Waals surface area contributed by atoms with E-state index in [0.29, 0.717) is 0 Å². The third-order valence-electron chi connectivity index (χ3n) is 4.54. The quantitative estimate of drug-likeness (QED) is 0.869. The highest BCUT2D eigenvalue weighted by atomic mass is 32.1. The standard InChI is InChI=1S/C15H22N2S/c1-2-4-12(3-1)16-9-13-14(10-5-6-10)17-15(18-13)11-7-8-11/h10-12,16H,1-9H2. The second-order valence-corrected chi connectivity index (χ2v) is 7.39. The summed E-state index contributed by atoms with van der Waals surface area (Å²) in [4.78, 5) is 6.52. The summed E-state index contributed by atoms with van der Waals surface area (Å²) in [6, 6.07) is 0.781. The van der Waals surface area contributed by atoms with Gasteiger partial charge in [-0.2, -0.15) is 0 Å². The Kier molecular flexibility index (Phi) is 2.92. The van der Waals surface area contributed by atoms with Crippen LogP contribution in [0.5, 0.6) is 0 Å². The molecule has 0 radical (unpaired) electrons.